The summed E-state index contributed by atoms with van der Waals surface area (Å²) in [6, 6.07) is 13.1. The number of nitrogens with zero attached hydrogens (tertiary/aromatic N) is 1. The standard InChI is InChI=1S/C24H30N2O7S/c1-23(2,3)33-22(28)26-15-24(4,16-26)32-20-12-11-18(21(27)31-5)13-19(20)25-34(29,30)14-17-9-7-6-8-10-17/h6-13,25H,14-16H2,1-5H3. The van der Waals surface area contributed by atoms with Crippen molar-refractivity contribution in [3.8, 4) is 5.75 Å². The fourth-order valence-electron chi connectivity index (χ4n) is 3.49. The quantitative estimate of drug-likeness (QED) is 0.588. The molecule has 184 valence electrons. The predicted octanol–water partition coefficient (Wildman–Crippen LogP) is 3.80. The van der Waals surface area contributed by atoms with Crippen LogP contribution in [0.25, 0.3) is 0 Å². The van der Waals surface area contributed by atoms with Crippen molar-refractivity contribution in [3.05, 3.63) is 59.7 Å². The number of ether oxygens (including phenoxy) is 3. The number of carbonyl (C=O) groups excluding carboxylic acids is 2. The van der Waals surface area contributed by atoms with Crippen LogP contribution in [0.4, 0.5) is 10.5 Å². The second-order valence-corrected chi connectivity index (χ2v) is 11.2. The van der Waals surface area contributed by atoms with E-state index in [1.54, 1.807) is 51.1 Å². The van der Waals surface area contributed by atoms with Crippen LogP contribution in [0.15, 0.2) is 48.5 Å². The molecule has 0 spiro atoms. The number of anilines is 1. The zero-order chi connectivity index (χ0) is 25.1. The Kier molecular flexibility index (Phi) is 7.11. The monoisotopic (exact) mass is 490 g/mol. The van der Waals surface area contributed by atoms with E-state index in [4.69, 9.17) is 14.2 Å². The summed E-state index contributed by atoms with van der Waals surface area (Å²) in [5.41, 5.74) is -0.487. The van der Waals surface area contributed by atoms with Crippen molar-refractivity contribution < 1.29 is 32.2 Å². The lowest BCUT2D eigenvalue weighted by atomic mass is 9.97. The third-order valence-electron chi connectivity index (χ3n) is 4.92. The Hall–Kier alpha value is -3.27. The van der Waals surface area contributed by atoms with Crippen LogP contribution >= 0.6 is 0 Å². The number of likely N-dealkylation sites (tertiary alicyclic amines) is 1. The van der Waals surface area contributed by atoms with Crippen molar-refractivity contribution in [2.75, 3.05) is 24.9 Å². The fourth-order valence-corrected chi connectivity index (χ4v) is 4.69. The van der Waals surface area contributed by atoms with Gasteiger partial charge in [0.25, 0.3) is 0 Å². The van der Waals surface area contributed by atoms with Gasteiger partial charge in [-0.05, 0) is 51.5 Å². The van der Waals surface area contributed by atoms with E-state index in [2.05, 4.69) is 4.72 Å². The first kappa shape index (κ1) is 25.4. The predicted molar refractivity (Wildman–Crippen MR) is 127 cm³/mol. The maximum absolute atomic E-state index is 12.8. The number of carbonyl (C=O) groups is 2. The topological polar surface area (TPSA) is 111 Å². The number of methoxy groups -OCH3 is 1. The molecule has 34 heavy (non-hydrogen) atoms. The van der Waals surface area contributed by atoms with Crippen LogP contribution in [0.3, 0.4) is 0 Å². The number of hydrogen-bond donors (Lipinski definition) is 1. The van der Waals surface area contributed by atoms with Crippen LogP contribution < -0.4 is 9.46 Å². The molecule has 1 amide bonds. The van der Waals surface area contributed by atoms with E-state index >= 15 is 0 Å². The van der Waals surface area contributed by atoms with E-state index in [1.807, 2.05) is 6.92 Å². The van der Waals surface area contributed by atoms with Gasteiger partial charge in [-0.2, -0.15) is 0 Å². The normalized spacial score (nSPS) is 15.1. The molecule has 0 saturated carbocycles. The summed E-state index contributed by atoms with van der Waals surface area (Å²) in [6.45, 7) is 7.70. The number of rotatable bonds is 7. The Labute approximate surface area is 200 Å². The number of amides is 1. The second kappa shape index (κ2) is 9.54. The molecule has 1 saturated heterocycles. The molecule has 1 heterocycles. The van der Waals surface area contributed by atoms with Gasteiger partial charge in [0.15, 0.2) is 0 Å². The molecular weight excluding hydrogens is 460 g/mol. The first-order valence-electron chi connectivity index (χ1n) is 10.7. The second-order valence-electron chi connectivity index (χ2n) is 9.44. The van der Waals surface area contributed by atoms with Crippen molar-refractivity contribution in [2.24, 2.45) is 0 Å². The molecule has 1 N–H and O–H groups in total. The summed E-state index contributed by atoms with van der Waals surface area (Å²) < 4.78 is 44.5. The third-order valence-corrected chi connectivity index (χ3v) is 6.17. The highest BCUT2D eigenvalue weighted by atomic mass is 32.2. The number of hydrogen-bond acceptors (Lipinski definition) is 7. The average molecular weight is 491 g/mol. The van der Waals surface area contributed by atoms with E-state index < -0.39 is 33.3 Å². The van der Waals surface area contributed by atoms with Gasteiger partial charge in [0, 0.05) is 0 Å². The summed E-state index contributed by atoms with van der Waals surface area (Å²) in [6.07, 6.45) is -0.446. The minimum atomic E-state index is -3.81. The first-order chi connectivity index (χ1) is 15.8. The maximum atomic E-state index is 12.8. The van der Waals surface area contributed by atoms with E-state index in [0.717, 1.165) is 0 Å². The lowest BCUT2D eigenvalue weighted by molar-refractivity contribution is -0.0708. The Balaban J connectivity index is 1.79. The lowest BCUT2D eigenvalue weighted by Crippen LogP contribution is -2.65. The zero-order valence-corrected chi connectivity index (χ0v) is 20.8. The van der Waals surface area contributed by atoms with Gasteiger partial charge < -0.3 is 19.1 Å². The smallest absolute Gasteiger partial charge is 0.410 e. The highest BCUT2D eigenvalue weighted by Crippen LogP contribution is 2.35. The Morgan fingerprint density at radius 2 is 1.74 bits per heavy atom. The molecule has 1 aliphatic heterocycles. The Bertz CT molecular complexity index is 1150. The van der Waals surface area contributed by atoms with Gasteiger partial charge in [-0.1, -0.05) is 30.3 Å². The molecule has 9 nitrogen and oxygen atoms in total. The minimum absolute atomic E-state index is 0.107. The minimum Gasteiger partial charge on any atom is -0.482 e. The van der Waals surface area contributed by atoms with Crippen LogP contribution in [0.1, 0.15) is 43.6 Å². The van der Waals surface area contributed by atoms with Crippen LogP contribution in [0, 0.1) is 0 Å². The van der Waals surface area contributed by atoms with E-state index in [1.165, 1.54) is 30.2 Å². The van der Waals surface area contributed by atoms with Crippen LogP contribution in [-0.2, 0) is 25.2 Å². The molecule has 0 unspecified atom stereocenters. The molecule has 0 bridgehead atoms. The molecule has 2 aromatic carbocycles. The lowest BCUT2D eigenvalue weighted by Gasteiger charge is -2.47. The van der Waals surface area contributed by atoms with Gasteiger partial charge in [-0.3, -0.25) is 4.72 Å². The van der Waals surface area contributed by atoms with Crippen LogP contribution in [-0.4, -0.2) is 56.8 Å². The molecular formula is C24H30N2O7S. The molecule has 0 atom stereocenters. The van der Waals surface area contributed by atoms with E-state index in [-0.39, 0.29) is 35.8 Å². The first-order valence-corrected chi connectivity index (χ1v) is 12.4. The number of nitrogens with one attached hydrogen (secondary N) is 1. The Morgan fingerprint density at radius 1 is 1.09 bits per heavy atom. The maximum Gasteiger partial charge on any atom is 0.410 e. The van der Waals surface area contributed by atoms with E-state index in [0.29, 0.717) is 5.56 Å². The molecule has 1 aliphatic rings. The average Bonchev–Trinajstić information content (AvgIpc) is 2.71. The van der Waals surface area contributed by atoms with Gasteiger partial charge in [0.1, 0.15) is 17.0 Å². The largest absolute Gasteiger partial charge is 0.482 e. The van der Waals surface area contributed by atoms with Crippen molar-refractivity contribution in [3.63, 3.8) is 0 Å². The van der Waals surface area contributed by atoms with Crippen molar-refractivity contribution >= 4 is 27.8 Å². The van der Waals surface area contributed by atoms with Gasteiger partial charge in [-0.25, -0.2) is 18.0 Å². The summed E-state index contributed by atoms with van der Waals surface area (Å²) in [5, 5.41) is 0. The SMILES string of the molecule is COC(=O)c1ccc(OC2(C)CN(C(=O)OC(C)(C)C)C2)c(NS(=O)(=O)Cc2ccccc2)c1. The van der Waals surface area contributed by atoms with Crippen molar-refractivity contribution in [1.82, 2.24) is 4.90 Å². The van der Waals surface area contributed by atoms with Gasteiger partial charge in [-0.15, -0.1) is 0 Å². The van der Waals surface area contributed by atoms with Gasteiger partial charge in [0.2, 0.25) is 10.0 Å². The highest BCUT2D eigenvalue weighted by Gasteiger charge is 2.45. The summed E-state index contributed by atoms with van der Waals surface area (Å²) >= 11 is 0. The van der Waals surface area contributed by atoms with Gasteiger partial charge in [0.05, 0.1) is 37.2 Å². The molecule has 2 aromatic rings. The third kappa shape index (κ3) is 6.63. The fraction of sp³-hybridized carbons (Fsp3) is 0.417. The van der Waals surface area contributed by atoms with Crippen molar-refractivity contribution in [2.45, 2.75) is 44.6 Å². The van der Waals surface area contributed by atoms with Crippen LogP contribution in [0.5, 0.6) is 5.75 Å². The Morgan fingerprint density at radius 3 is 2.32 bits per heavy atom. The number of esters is 1. The molecule has 0 aliphatic carbocycles. The summed E-state index contributed by atoms with van der Waals surface area (Å²) in [4.78, 5) is 25.8. The number of sulfonamides is 1. The molecule has 10 heteroatoms. The van der Waals surface area contributed by atoms with Gasteiger partial charge >= 0.3 is 12.1 Å². The van der Waals surface area contributed by atoms with Crippen molar-refractivity contribution in [1.29, 1.82) is 0 Å². The molecule has 1 fully saturated rings. The van der Waals surface area contributed by atoms with Crippen LogP contribution in [0.2, 0.25) is 0 Å². The highest BCUT2D eigenvalue weighted by molar-refractivity contribution is 7.91. The van der Waals surface area contributed by atoms with E-state index in [9.17, 15) is 18.0 Å². The molecule has 0 radical (unpaired) electrons. The zero-order valence-electron chi connectivity index (χ0n) is 20.0. The molecule has 3 rings (SSSR count). The molecule has 0 aromatic heterocycles. The summed E-state index contributed by atoms with van der Waals surface area (Å²) in [5.74, 6) is -0.629. The summed E-state index contributed by atoms with van der Waals surface area (Å²) in [7, 11) is -2.57. The number of benzene rings is 2.